The van der Waals surface area contributed by atoms with Crippen molar-refractivity contribution in [2.24, 2.45) is 0 Å². The van der Waals surface area contributed by atoms with E-state index in [1.165, 1.54) is 88.2 Å². The van der Waals surface area contributed by atoms with Crippen molar-refractivity contribution < 1.29 is 24.2 Å². The standard InChI is InChI=1S/C42H75NO5/c1-4-7-10-11-12-13-17-25-36-47-41(45)28-22-18-24-33-43(34-35-44)32-23-16-14-15-21-29-42(46)48-40-31-30-38(26-19-8-5-2)39(37-40)27-20-9-6-3/h30-31,37,44H,4-29,32-36H2,1-3H3. The highest BCUT2D eigenvalue weighted by Gasteiger charge is 2.10. The van der Waals surface area contributed by atoms with Gasteiger partial charge in [0.25, 0.3) is 0 Å². The summed E-state index contributed by atoms with van der Waals surface area (Å²) in [4.78, 5) is 26.9. The minimum absolute atomic E-state index is 0.0582. The molecule has 0 spiro atoms. The predicted octanol–water partition coefficient (Wildman–Crippen LogP) is 10.9. The van der Waals surface area contributed by atoms with Crippen LogP contribution in [0.15, 0.2) is 18.2 Å². The van der Waals surface area contributed by atoms with E-state index in [2.05, 4.69) is 37.8 Å². The summed E-state index contributed by atoms with van der Waals surface area (Å²) >= 11 is 0. The van der Waals surface area contributed by atoms with Crippen molar-refractivity contribution in [3.05, 3.63) is 29.3 Å². The summed E-state index contributed by atoms with van der Waals surface area (Å²) in [5.74, 6) is 0.514. The summed E-state index contributed by atoms with van der Waals surface area (Å²) in [6.45, 7) is 10.1. The van der Waals surface area contributed by atoms with Crippen molar-refractivity contribution >= 4 is 11.9 Å². The summed E-state index contributed by atoms with van der Waals surface area (Å²) in [5, 5.41) is 9.50. The zero-order valence-electron chi connectivity index (χ0n) is 31.7. The van der Waals surface area contributed by atoms with Crippen molar-refractivity contribution in [1.29, 1.82) is 0 Å². The van der Waals surface area contributed by atoms with Crippen molar-refractivity contribution in [3.8, 4) is 5.75 Å². The van der Waals surface area contributed by atoms with Gasteiger partial charge in [0.2, 0.25) is 0 Å². The molecule has 0 saturated carbocycles. The first kappa shape index (κ1) is 44.1. The zero-order valence-corrected chi connectivity index (χ0v) is 31.7. The third kappa shape index (κ3) is 25.1. The highest BCUT2D eigenvalue weighted by atomic mass is 16.5. The molecule has 0 fully saturated rings. The third-order valence-electron chi connectivity index (χ3n) is 9.40. The van der Waals surface area contributed by atoms with Gasteiger partial charge in [-0.05, 0) is 94.1 Å². The largest absolute Gasteiger partial charge is 0.466 e. The molecule has 0 bridgehead atoms. The lowest BCUT2D eigenvalue weighted by Crippen LogP contribution is -2.29. The smallest absolute Gasteiger partial charge is 0.311 e. The minimum atomic E-state index is -0.126. The quantitative estimate of drug-likeness (QED) is 0.0446. The minimum Gasteiger partial charge on any atom is -0.466 e. The molecule has 0 aliphatic heterocycles. The molecule has 0 amide bonds. The lowest BCUT2D eigenvalue weighted by molar-refractivity contribution is -0.144. The Labute approximate surface area is 296 Å². The molecule has 278 valence electrons. The number of esters is 2. The maximum absolute atomic E-state index is 12.6. The molecule has 48 heavy (non-hydrogen) atoms. The molecule has 0 heterocycles. The van der Waals surface area contributed by atoms with Crippen LogP contribution < -0.4 is 4.74 Å². The lowest BCUT2D eigenvalue weighted by atomic mass is 9.97. The Bertz CT molecular complexity index is 904. The Kier molecular flexibility index (Phi) is 29.7. The van der Waals surface area contributed by atoms with Crippen molar-refractivity contribution in [2.45, 2.75) is 188 Å². The highest BCUT2D eigenvalue weighted by molar-refractivity contribution is 5.72. The second-order valence-electron chi connectivity index (χ2n) is 13.9. The summed E-state index contributed by atoms with van der Waals surface area (Å²) in [7, 11) is 0. The number of carbonyl (C=O) groups is 2. The number of nitrogens with zero attached hydrogens (tertiary/aromatic N) is 1. The van der Waals surface area contributed by atoms with Gasteiger partial charge in [-0.2, -0.15) is 0 Å². The molecule has 0 unspecified atom stereocenters. The van der Waals surface area contributed by atoms with E-state index in [0.717, 1.165) is 90.1 Å². The van der Waals surface area contributed by atoms with Crippen molar-refractivity contribution in [2.75, 3.05) is 32.8 Å². The van der Waals surface area contributed by atoms with Gasteiger partial charge in [0.1, 0.15) is 5.75 Å². The Morgan fingerprint density at radius 2 is 1.06 bits per heavy atom. The van der Waals surface area contributed by atoms with E-state index < -0.39 is 0 Å². The Balaban J connectivity index is 2.14. The number of unbranched alkanes of at least 4 members (excludes halogenated alkanes) is 17. The molecular weight excluding hydrogens is 598 g/mol. The van der Waals surface area contributed by atoms with Gasteiger partial charge < -0.3 is 19.5 Å². The first-order valence-corrected chi connectivity index (χ1v) is 20.3. The second-order valence-corrected chi connectivity index (χ2v) is 13.9. The fourth-order valence-electron chi connectivity index (χ4n) is 6.34. The van der Waals surface area contributed by atoms with Crippen LogP contribution in [0.25, 0.3) is 0 Å². The molecule has 1 aromatic rings. The van der Waals surface area contributed by atoms with Crippen LogP contribution in [-0.2, 0) is 27.2 Å². The first-order chi connectivity index (χ1) is 23.5. The highest BCUT2D eigenvalue weighted by Crippen LogP contribution is 2.23. The molecule has 0 saturated heterocycles. The fraction of sp³-hybridized carbons (Fsp3) is 0.810. The normalized spacial score (nSPS) is 11.4. The second kappa shape index (κ2) is 32.3. The lowest BCUT2D eigenvalue weighted by Gasteiger charge is -2.21. The summed E-state index contributed by atoms with van der Waals surface area (Å²) in [6, 6.07) is 6.27. The van der Waals surface area contributed by atoms with Gasteiger partial charge in [-0.25, -0.2) is 0 Å². The molecular formula is C42H75NO5. The number of benzene rings is 1. The number of hydrogen-bond acceptors (Lipinski definition) is 6. The predicted molar refractivity (Wildman–Crippen MR) is 202 cm³/mol. The molecule has 0 aliphatic carbocycles. The molecule has 1 rings (SSSR count). The Morgan fingerprint density at radius 1 is 0.562 bits per heavy atom. The fourth-order valence-corrected chi connectivity index (χ4v) is 6.34. The van der Waals surface area contributed by atoms with Crippen LogP contribution in [0.1, 0.15) is 186 Å². The summed E-state index contributed by atoms with van der Waals surface area (Å²) in [6.07, 6.45) is 28.6. The SMILES string of the molecule is CCCCCCCCCCOC(=O)CCCCCN(CCO)CCCCCCCC(=O)Oc1ccc(CCCCC)c(CCCCC)c1. The third-order valence-corrected chi connectivity index (χ3v) is 9.40. The summed E-state index contributed by atoms with van der Waals surface area (Å²) in [5.41, 5.74) is 2.77. The molecule has 0 atom stereocenters. The average molecular weight is 674 g/mol. The van der Waals surface area contributed by atoms with Crippen LogP contribution in [-0.4, -0.2) is 54.8 Å². The van der Waals surface area contributed by atoms with E-state index in [4.69, 9.17) is 9.47 Å². The summed E-state index contributed by atoms with van der Waals surface area (Å²) < 4.78 is 11.2. The van der Waals surface area contributed by atoms with E-state index in [-0.39, 0.29) is 18.5 Å². The van der Waals surface area contributed by atoms with E-state index >= 15 is 0 Å². The van der Waals surface area contributed by atoms with Gasteiger partial charge in [0.15, 0.2) is 0 Å². The molecule has 1 aromatic carbocycles. The molecule has 1 N–H and O–H groups in total. The van der Waals surface area contributed by atoms with E-state index in [9.17, 15) is 14.7 Å². The van der Waals surface area contributed by atoms with Crippen LogP contribution >= 0.6 is 0 Å². The number of rotatable bonds is 34. The average Bonchev–Trinajstić information content (AvgIpc) is 3.08. The monoisotopic (exact) mass is 674 g/mol. The Hall–Kier alpha value is -1.92. The van der Waals surface area contributed by atoms with E-state index in [0.29, 0.717) is 31.7 Å². The maximum Gasteiger partial charge on any atom is 0.311 e. The van der Waals surface area contributed by atoms with Gasteiger partial charge in [-0.15, -0.1) is 0 Å². The Morgan fingerprint density at radius 3 is 1.69 bits per heavy atom. The number of aliphatic hydroxyl groups excluding tert-OH is 1. The van der Waals surface area contributed by atoms with Gasteiger partial charge >= 0.3 is 11.9 Å². The number of aliphatic hydroxyl groups is 1. The van der Waals surface area contributed by atoms with Gasteiger partial charge in [0, 0.05) is 19.4 Å². The maximum atomic E-state index is 12.6. The molecule has 6 heteroatoms. The van der Waals surface area contributed by atoms with Gasteiger partial charge in [-0.1, -0.05) is 123 Å². The number of carbonyl (C=O) groups excluding carboxylic acids is 2. The van der Waals surface area contributed by atoms with Gasteiger partial charge in [0.05, 0.1) is 13.2 Å². The van der Waals surface area contributed by atoms with Crippen LogP contribution in [0.3, 0.4) is 0 Å². The number of aryl methyl sites for hydroxylation is 2. The van der Waals surface area contributed by atoms with E-state index in [1.807, 2.05) is 6.07 Å². The van der Waals surface area contributed by atoms with Crippen LogP contribution in [0.4, 0.5) is 0 Å². The molecule has 0 aromatic heterocycles. The van der Waals surface area contributed by atoms with Crippen LogP contribution in [0.2, 0.25) is 0 Å². The van der Waals surface area contributed by atoms with Crippen molar-refractivity contribution in [3.63, 3.8) is 0 Å². The van der Waals surface area contributed by atoms with E-state index in [1.54, 1.807) is 0 Å². The number of hydrogen-bond donors (Lipinski definition) is 1. The van der Waals surface area contributed by atoms with Crippen molar-refractivity contribution in [1.82, 2.24) is 4.90 Å². The molecule has 6 nitrogen and oxygen atoms in total. The zero-order chi connectivity index (χ0) is 34.9. The topological polar surface area (TPSA) is 76.1 Å². The first-order valence-electron chi connectivity index (χ1n) is 20.3. The van der Waals surface area contributed by atoms with Crippen LogP contribution in [0.5, 0.6) is 5.75 Å². The number of ether oxygens (including phenoxy) is 2. The van der Waals surface area contributed by atoms with Gasteiger partial charge in [-0.3, -0.25) is 9.59 Å². The molecule has 0 aliphatic rings. The molecule has 0 radical (unpaired) electrons. The van der Waals surface area contributed by atoms with Crippen LogP contribution in [0, 0.1) is 0 Å².